The number of hydrogen-bond acceptors (Lipinski definition) is 2. The number of benzene rings is 2. The predicted octanol–water partition coefficient (Wildman–Crippen LogP) is 6.07. The van der Waals surface area contributed by atoms with Crippen LogP contribution in [0.2, 0.25) is 0 Å². The monoisotopic (exact) mass is 415 g/mol. The zero-order valence-electron chi connectivity index (χ0n) is 17.5. The van der Waals surface area contributed by atoms with Crippen LogP contribution in [0.1, 0.15) is 44.1 Å². The van der Waals surface area contributed by atoms with E-state index < -0.39 is 0 Å². The quantitative estimate of drug-likeness (QED) is 0.389. The van der Waals surface area contributed by atoms with Gasteiger partial charge in [-0.1, -0.05) is 31.1 Å². The lowest BCUT2D eigenvalue weighted by Crippen LogP contribution is -2.20. The van der Waals surface area contributed by atoms with Crippen molar-refractivity contribution in [3.63, 3.8) is 0 Å². The highest BCUT2D eigenvalue weighted by atomic mass is 19.1. The number of aromatic nitrogens is 3. The van der Waals surface area contributed by atoms with Gasteiger partial charge in [0.05, 0.1) is 17.2 Å². The number of allylic oxidation sites excluding steroid dienone is 2. The molecule has 1 unspecified atom stereocenters. The van der Waals surface area contributed by atoms with Crippen molar-refractivity contribution >= 4 is 27.4 Å². The fraction of sp³-hybridized carbons (Fsp3) is 0.308. The molecule has 1 atom stereocenters. The van der Waals surface area contributed by atoms with E-state index >= 15 is 0 Å². The van der Waals surface area contributed by atoms with E-state index in [1.165, 1.54) is 18.1 Å². The van der Waals surface area contributed by atoms with Gasteiger partial charge < -0.3 is 4.98 Å². The van der Waals surface area contributed by atoms with Crippen LogP contribution in [0.4, 0.5) is 4.39 Å². The fourth-order valence-corrected chi connectivity index (χ4v) is 4.73. The first kappa shape index (κ1) is 19.7. The van der Waals surface area contributed by atoms with Gasteiger partial charge in [-0.2, -0.15) is 0 Å². The highest BCUT2D eigenvalue weighted by Crippen LogP contribution is 2.35. The number of aromatic amines is 1. The van der Waals surface area contributed by atoms with E-state index in [9.17, 15) is 9.18 Å². The topological polar surface area (TPSA) is 50.7 Å². The van der Waals surface area contributed by atoms with Crippen molar-refractivity contribution in [1.82, 2.24) is 14.5 Å². The summed E-state index contributed by atoms with van der Waals surface area (Å²) in [6.07, 6.45) is 12.5. The van der Waals surface area contributed by atoms with Gasteiger partial charge in [0.15, 0.2) is 0 Å². The molecule has 31 heavy (non-hydrogen) atoms. The third kappa shape index (κ3) is 4.05. The number of halogens is 1. The second-order valence-corrected chi connectivity index (χ2v) is 8.52. The molecule has 4 aromatic rings. The largest absolute Gasteiger partial charge is 0.361 e. The number of para-hydroxylation sites is 1. The van der Waals surface area contributed by atoms with Crippen LogP contribution in [0, 0.1) is 11.7 Å². The summed E-state index contributed by atoms with van der Waals surface area (Å²) in [6, 6.07) is 12.4. The molecule has 0 spiro atoms. The van der Waals surface area contributed by atoms with Gasteiger partial charge in [0.1, 0.15) is 5.82 Å². The first-order valence-corrected chi connectivity index (χ1v) is 11.1. The second-order valence-electron chi connectivity index (χ2n) is 8.52. The van der Waals surface area contributed by atoms with E-state index in [-0.39, 0.29) is 11.4 Å². The van der Waals surface area contributed by atoms with Crippen molar-refractivity contribution in [3.8, 4) is 0 Å². The summed E-state index contributed by atoms with van der Waals surface area (Å²) in [5.41, 5.74) is 4.24. The Morgan fingerprint density at radius 3 is 2.90 bits per heavy atom. The summed E-state index contributed by atoms with van der Waals surface area (Å²) in [7, 11) is 0. The Balaban J connectivity index is 1.16. The minimum absolute atomic E-state index is 0.0472. The Labute approximate surface area is 180 Å². The number of hydrogen-bond donors (Lipinski definition) is 1. The van der Waals surface area contributed by atoms with Crippen LogP contribution in [0.25, 0.3) is 27.4 Å². The standard InChI is InChI=1S/C26H26FN3O/c27-20-12-13-25-22(15-20)23(16-28-25)19-10-8-18(9-11-19)5-3-4-14-30-17-29-24-7-2-1-6-21(24)26(30)31/h1-2,6-7,10,12-13,15-18,28H,3-5,8-9,11,14H2. The zero-order chi connectivity index (χ0) is 21.2. The molecule has 0 fully saturated rings. The molecule has 158 valence electrons. The molecule has 2 aromatic heterocycles. The Morgan fingerprint density at radius 1 is 1.13 bits per heavy atom. The molecule has 1 aliphatic rings. The molecule has 5 heteroatoms. The normalized spacial score (nSPS) is 16.7. The molecule has 0 bridgehead atoms. The van der Waals surface area contributed by atoms with Gasteiger partial charge in [0, 0.05) is 29.2 Å². The van der Waals surface area contributed by atoms with Crippen molar-refractivity contribution in [2.45, 2.75) is 45.1 Å². The molecular formula is C26H26FN3O. The van der Waals surface area contributed by atoms with Gasteiger partial charge in [0.25, 0.3) is 5.56 Å². The third-order valence-corrected chi connectivity index (χ3v) is 6.50. The average Bonchev–Trinajstić information content (AvgIpc) is 3.21. The molecule has 0 saturated carbocycles. The lowest BCUT2D eigenvalue weighted by Gasteiger charge is -2.22. The number of nitrogens with one attached hydrogen (secondary N) is 1. The Morgan fingerprint density at radius 2 is 2.03 bits per heavy atom. The number of rotatable bonds is 6. The fourth-order valence-electron chi connectivity index (χ4n) is 4.73. The van der Waals surface area contributed by atoms with E-state index in [1.54, 1.807) is 23.0 Å². The maximum atomic E-state index is 13.7. The molecule has 0 aliphatic heterocycles. The van der Waals surface area contributed by atoms with E-state index in [0.717, 1.165) is 54.1 Å². The molecule has 1 N–H and O–H groups in total. The van der Waals surface area contributed by atoms with Crippen molar-refractivity contribution in [1.29, 1.82) is 0 Å². The molecule has 0 radical (unpaired) electrons. The first-order chi connectivity index (χ1) is 15.2. The Kier molecular flexibility index (Phi) is 5.41. The lowest BCUT2D eigenvalue weighted by molar-refractivity contribution is 0.419. The van der Waals surface area contributed by atoms with Gasteiger partial charge in [0.2, 0.25) is 0 Å². The van der Waals surface area contributed by atoms with Crippen molar-refractivity contribution in [2.75, 3.05) is 0 Å². The summed E-state index contributed by atoms with van der Waals surface area (Å²) in [5, 5.41) is 1.66. The molecular weight excluding hydrogens is 389 g/mol. The second kappa shape index (κ2) is 8.50. The number of H-pyrrole nitrogens is 1. The highest BCUT2D eigenvalue weighted by Gasteiger charge is 2.17. The molecule has 2 heterocycles. The summed E-state index contributed by atoms with van der Waals surface area (Å²) in [4.78, 5) is 20.2. The van der Waals surface area contributed by atoms with Gasteiger partial charge in [-0.25, -0.2) is 9.37 Å². The van der Waals surface area contributed by atoms with Crippen LogP contribution in [0.15, 0.2) is 65.9 Å². The van der Waals surface area contributed by atoms with E-state index in [0.29, 0.717) is 17.8 Å². The van der Waals surface area contributed by atoms with Crippen molar-refractivity contribution in [3.05, 3.63) is 82.8 Å². The number of fused-ring (bicyclic) bond motifs is 2. The van der Waals surface area contributed by atoms with E-state index in [1.807, 2.05) is 30.5 Å². The van der Waals surface area contributed by atoms with E-state index in [2.05, 4.69) is 16.0 Å². The molecule has 0 saturated heterocycles. The third-order valence-electron chi connectivity index (χ3n) is 6.50. The minimum atomic E-state index is -0.191. The molecule has 4 nitrogen and oxygen atoms in total. The predicted molar refractivity (Wildman–Crippen MR) is 123 cm³/mol. The summed E-state index contributed by atoms with van der Waals surface area (Å²) in [5.74, 6) is 0.487. The van der Waals surface area contributed by atoms with Crippen LogP contribution in [0.3, 0.4) is 0 Å². The highest BCUT2D eigenvalue weighted by molar-refractivity contribution is 5.92. The Hall–Kier alpha value is -3.21. The van der Waals surface area contributed by atoms with E-state index in [4.69, 9.17) is 0 Å². The van der Waals surface area contributed by atoms with Crippen molar-refractivity contribution in [2.24, 2.45) is 5.92 Å². The van der Waals surface area contributed by atoms with Gasteiger partial charge in [-0.3, -0.25) is 9.36 Å². The molecule has 2 aromatic carbocycles. The number of aryl methyl sites for hydroxylation is 1. The van der Waals surface area contributed by atoms with Crippen LogP contribution in [0.5, 0.6) is 0 Å². The lowest BCUT2D eigenvalue weighted by atomic mass is 9.84. The summed E-state index contributed by atoms with van der Waals surface area (Å²) < 4.78 is 15.4. The van der Waals surface area contributed by atoms with Crippen molar-refractivity contribution < 1.29 is 4.39 Å². The van der Waals surface area contributed by atoms with Crippen LogP contribution >= 0.6 is 0 Å². The van der Waals surface area contributed by atoms with Crippen LogP contribution in [-0.4, -0.2) is 14.5 Å². The maximum absolute atomic E-state index is 13.7. The Bertz CT molecular complexity index is 1320. The van der Waals surface area contributed by atoms with Crippen LogP contribution in [-0.2, 0) is 6.54 Å². The number of nitrogens with zero attached hydrogens (tertiary/aromatic N) is 2. The number of unbranched alkanes of at least 4 members (excludes halogenated alkanes) is 1. The smallest absolute Gasteiger partial charge is 0.261 e. The van der Waals surface area contributed by atoms with Gasteiger partial charge in [-0.15, -0.1) is 0 Å². The minimum Gasteiger partial charge on any atom is -0.361 e. The van der Waals surface area contributed by atoms with Gasteiger partial charge >= 0.3 is 0 Å². The summed E-state index contributed by atoms with van der Waals surface area (Å²) >= 11 is 0. The maximum Gasteiger partial charge on any atom is 0.261 e. The molecule has 0 amide bonds. The summed E-state index contributed by atoms with van der Waals surface area (Å²) in [6.45, 7) is 0.714. The molecule has 5 rings (SSSR count). The first-order valence-electron chi connectivity index (χ1n) is 11.1. The van der Waals surface area contributed by atoms with Gasteiger partial charge in [-0.05, 0) is 67.5 Å². The average molecular weight is 416 g/mol. The zero-order valence-corrected chi connectivity index (χ0v) is 17.5. The van der Waals surface area contributed by atoms with Crippen LogP contribution < -0.4 is 5.56 Å². The molecule has 1 aliphatic carbocycles. The SMILES string of the molecule is O=c1c2ccccc2ncn1CCCCC1CC=C(c2c[nH]c3ccc(F)cc23)CC1.